The molecule has 224 valence electrons. The highest BCUT2D eigenvalue weighted by molar-refractivity contribution is 7.15. The number of nitrogens with zero attached hydrogens (tertiary/aromatic N) is 5. The van der Waals surface area contributed by atoms with Crippen molar-refractivity contribution in [1.82, 2.24) is 30.0 Å². The molecule has 2 aromatic carbocycles. The Kier molecular flexibility index (Phi) is 9.91. The Balaban J connectivity index is 1.44. The van der Waals surface area contributed by atoms with E-state index in [1.54, 1.807) is 17.5 Å². The van der Waals surface area contributed by atoms with Gasteiger partial charge in [-0.3, -0.25) is 9.89 Å². The van der Waals surface area contributed by atoms with E-state index >= 15 is 0 Å². The van der Waals surface area contributed by atoms with Crippen LogP contribution in [-0.2, 0) is 17.9 Å². The standard InChI is InChI=1S/C33H40N8OS/c1-5-40(6-2)25-11-8-23(9-12-25)33-37-29-20-24(10-14-30(29)41(33)19-7-18-39(3)4)28(21-32(34)42)35-22-26-13-15-31(43-26)27-16-17-36-38-27/h8-17,20,28,35H,1-2,5-7,18-19,21-22H2,3-4H3,(H2,34,42)(H,36,38). The topological polar surface area (TPSA) is 108 Å². The van der Waals surface area contributed by atoms with Crippen molar-refractivity contribution in [1.29, 1.82) is 0 Å². The van der Waals surface area contributed by atoms with Gasteiger partial charge in [0.15, 0.2) is 0 Å². The minimum atomic E-state index is -0.351. The van der Waals surface area contributed by atoms with Crippen molar-refractivity contribution in [2.45, 2.75) is 32.0 Å². The molecule has 0 aliphatic rings. The molecule has 9 nitrogen and oxygen atoms in total. The third-order valence-corrected chi connectivity index (χ3v) is 8.67. The second kappa shape index (κ2) is 14.0. The third kappa shape index (κ3) is 7.33. The number of anilines is 1. The van der Waals surface area contributed by atoms with Gasteiger partial charge in [-0.15, -0.1) is 11.3 Å². The Morgan fingerprint density at radius 2 is 1.88 bits per heavy atom. The van der Waals surface area contributed by atoms with Crippen LogP contribution in [0.4, 0.5) is 5.69 Å². The van der Waals surface area contributed by atoms with E-state index in [-0.39, 0.29) is 18.4 Å². The largest absolute Gasteiger partial charge is 0.372 e. The molecule has 2 radical (unpaired) electrons. The Bertz CT molecular complexity index is 1620. The number of fused-ring (bicyclic) bond motifs is 1. The number of carbonyl (C=O) groups excluding carboxylic acids is 1. The summed E-state index contributed by atoms with van der Waals surface area (Å²) in [7, 11) is 4.18. The number of benzene rings is 2. The Hall–Kier alpha value is -3.99. The second-order valence-electron chi connectivity index (χ2n) is 10.9. The van der Waals surface area contributed by atoms with Crippen molar-refractivity contribution in [2.24, 2.45) is 5.73 Å². The van der Waals surface area contributed by atoms with Crippen molar-refractivity contribution in [2.75, 3.05) is 38.6 Å². The summed E-state index contributed by atoms with van der Waals surface area (Å²) in [5.41, 5.74) is 11.8. The zero-order chi connectivity index (χ0) is 30.3. The number of nitrogens with two attached hydrogens (primary N) is 1. The molecule has 0 bridgehead atoms. The van der Waals surface area contributed by atoms with Crippen LogP contribution in [0.1, 0.15) is 29.3 Å². The van der Waals surface area contributed by atoms with Crippen LogP contribution in [0.2, 0.25) is 0 Å². The maximum absolute atomic E-state index is 12.1. The van der Waals surface area contributed by atoms with E-state index in [1.807, 2.05) is 6.07 Å². The first kappa shape index (κ1) is 30.5. The lowest BCUT2D eigenvalue weighted by Gasteiger charge is -2.21. The number of rotatable bonds is 15. The number of amides is 1. The number of aryl methyl sites for hydroxylation is 1. The number of H-pyrrole nitrogens is 1. The summed E-state index contributed by atoms with van der Waals surface area (Å²) in [6.07, 6.45) is 2.93. The molecule has 1 amide bonds. The maximum atomic E-state index is 12.1. The normalized spacial score (nSPS) is 12.3. The van der Waals surface area contributed by atoms with Gasteiger partial charge in [-0.05, 0) is 101 Å². The summed E-state index contributed by atoms with van der Waals surface area (Å²) in [4.78, 5) is 23.8. The number of primary amides is 1. The predicted octanol–water partition coefficient (Wildman–Crippen LogP) is 5.29. The molecule has 0 aliphatic carbocycles. The SMILES string of the molecule is [CH2]CN(C[CH2])c1ccc(-c2nc3cc(C(CC(N)=O)NCc4ccc(-c5ccn[nH]5)s4)ccc3n2CCCN(C)C)cc1. The quantitative estimate of drug-likeness (QED) is 0.152. The van der Waals surface area contributed by atoms with Crippen molar-refractivity contribution < 1.29 is 4.79 Å². The Labute approximate surface area is 257 Å². The number of nitrogens with one attached hydrogen (secondary N) is 2. The van der Waals surface area contributed by atoms with E-state index in [9.17, 15) is 4.79 Å². The van der Waals surface area contributed by atoms with E-state index in [0.29, 0.717) is 19.6 Å². The molecule has 0 fully saturated rings. The van der Waals surface area contributed by atoms with Crippen LogP contribution < -0.4 is 16.0 Å². The molecule has 1 unspecified atom stereocenters. The number of carbonyl (C=O) groups is 1. The van der Waals surface area contributed by atoms with Crippen molar-refractivity contribution in [3.63, 3.8) is 0 Å². The van der Waals surface area contributed by atoms with E-state index in [2.05, 4.69) is 112 Å². The predicted molar refractivity (Wildman–Crippen MR) is 177 cm³/mol. The average molecular weight is 597 g/mol. The summed E-state index contributed by atoms with van der Waals surface area (Å²) < 4.78 is 2.30. The number of hydrogen-bond acceptors (Lipinski definition) is 7. The van der Waals surface area contributed by atoms with Crippen LogP contribution in [0.3, 0.4) is 0 Å². The first-order valence-electron chi connectivity index (χ1n) is 14.5. The molecule has 0 aliphatic heterocycles. The third-order valence-electron chi connectivity index (χ3n) is 7.55. The van der Waals surface area contributed by atoms with Gasteiger partial charge in [0.2, 0.25) is 5.91 Å². The fourth-order valence-electron chi connectivity index (χ4n) is 5.29. The molecule has 43 heavy (non-hydrogen) atoms. The Morgan fingerprint density at radius 1 is 1.09 bits per heavy atom. The van der Waals surface area contributed by atoms with E-state index in [0.717, 1.165) is 68.6 Å². The van der Waals surface area contributed by atoms with E-state index < -0.39 is 0 Å². The highest BCUT2D eigenvalue weighted by Gasteiger charge is 2.19. The molecule has 5 rings (SSSR count). The smallest absolute Gasteiger partial charge is 0.219 e. The minimum absolute atomic E-state index is 0.192. The zero-order valence-corrected chi connectivity index (χ0v) is 25.7. The van der Waals surface area contributed by atoms with Crippen LogP contribution >= 0.6 is 11.3 Å². The zero-order valence-electron chi connectivity index (χ0n) is 24.9. The average Bonchev–Trinajstić information content (AvgIpc) is 3.76. The van der Waals surface area contributed by atoms with E-state index in [1.165, 1.54) is 0 Å². The summed E-state index contributed by atoms with van der Waals surface area (Å²) >= 11 is 1.69. The number of aromatic nitrogens is 4. The van der Waals surface area contributed by atoms with Gasteiger partial charge in [-0.25, -0.2) is 4.98 Å². The van der Waals surface area contributed by atoms with Crippen LogP contribution in [0.25, 0.3) is 33.0 Å². The van der Waals surface area contributed by atoms with Crippen molar-refractivity contribution >= 4 is 34.0 Å². The number of thiophene rings is 1. The van der Waals surface area contributed by atoms with Gasteiger partial charge in [0.05, 0.1) is 21.6 Å². The summed E-state index contributed by atoms with van der Waals surface area (Å²) in [6.45, 7) is 11.8. The van der Waals surface area contributed by atoms with Gasteiger partial charge in [0, 0.05) is 61.0 Å². The molecule has 0 saturated heterocycles. The second-order valence-corrected chi connectivity index (χ2v) is 12.0. The van der Waals surface area contributed by atoms with Crippen LogP contribution in [-0.4, -0.2) is 64.3 Å². The molecule has 1 atom stereocenters. The molecule has 0 saturated carbocycles. The summed E-state index contributed by atoms with van der Waals surface area (Å²) in [5, 5.41) is 10.6. The van der Waals surface area contributed by atoms with Gasteiger partial charge in [0.25, 0.3) is 0 Å². The fourth-order valence-corrected chi connectivity index (χ4v) is 6.22. The monoisotopic (exact) mass is 596 g/mol. The molecule has 4 N–H and O–H groups in total. The molecular weight excluding hydrogens is 556 g/mol. The van der Waals surface area contributed by atoms with Gasteiger partial charge >= 0.3 is 0 Å². The van der Waals surface area contributed by atoms with Crippen LogP contribution in [0.5, 0.6) is 0 Å². The molecule has 5 aromatic rings. The van der Waals surface area contributed by atoms with Crippen LogP contribution in [0, 0.1) is 13.8 Å². The highest BCUT2D eigenvalue weighted by atomic mass is 32.1. The van der Waals surface area contributed by atoms with Crippen molar-refractivity contribution in [3.05, 3.63) is 91.1 Å². The summed E-state index contributed by atoms with van der Waals surface area (Å²) in [6, 6.07) is 20.6. The van der Waals surface area contributed by atoms with Gasteiger partial charge < -0.3 is 25.4 Å². The van der Waals surface area contributed by atoms with Gasteiger partial charge in [-0.2, -0.15) is 5.10 Å². The van der Waals surface area contributed by atoms with E-state index in [4.69, 9.17) is 10.7 Å². The van der Waals surface area contributed by atoms with Gasteiger partial charge in [0.1, 0.15) is 5.82 Å². The number of hydrogen-bond donors (Lipinski definition) is 3. The Morgan fingerprint density at radius 3 is 2.56 bits per heavy atom. The number of imidazole rings is 1. The first-order chi connectivity index (χ1) is 20.9. The highest BCUT2D eigenvalue weighted by Crippen LogP contribution is 2.31. The molecule has 10 heteroatoms. The number of aromatic amines is 1. The lowest BCUT2D eigenvalue weighted by Crippen LogP contribution is -2.26. The van der Waals surface area contributed by atoms with Crippen molar-refractivity contribution in [3.8, 4) is 22.0 Å². The fraction of sp³-hybridized carbons (Fsp3) is 0.303. The lowest BCUT2D eigenvalue weighted by atomic mass is 10.0. The molecule has 3 aromatic heterocycles. The lowest BCUT2D eigenvalue weighted by molar-refractivity contribution is -0.118. The van der Waals surface area contributed by atoms with Gasteiger partial charge in [-0.1, -0.05) is 6.07 Å². The maximum Gasteiger partial charge on any atom is 0.219 e. The molecule has 0 spiro atoms. The summed E-state index contributed by atoms with van der Waals surface area (Å²) in [5.74, 6) is 0.577. The van der Waals surface area contributed by atoms with Crippen LogP contribution in [0.15, 0.2) is 66.9 Å². The molecular formula is C33H40N8OS. The minimum Gasteiger partial charge on any atom is -0.372 e. The first-order valence-corrected chi connectivity index (χ1v) is 15.4. The molecule has 3 heterocycles.